The van der Waals surface area contributed by atoms with Crippen LogP contribution in [0, 0.1) is 0 Å². The van der Waals surface area contributed by atoms with Gasteiger partial charge in [0.2, 0.25) is 0 Å². The number of benzene rings is 1. The third-order valence-electron chi connectivity index (χ3n) is 4.68. The number of hydrogen-bond acceptors (Lipinski definition) is 3. The molecule has 0 saturated heterocycles. The summed E-state index contributed by atoms with van der Waals surface area (Å²) in [5.74, 6) is 1.05. The van der Waals surface area contributed by atoms with Crippen LogP contribution < -0.4 is 10.1 Å². The average molecular weight is 283 g/mol. The van der Waals surface area contributed by atoms with Gasteiger partial charge in [-0.1, -0.05) is 18.2 Å². The van der Waals surface area contributed by atoms with E-state index in [1.807, 2.05) is 24.0 Å². The number of aryl methyl sites for hydroxylation is 1. The zero-order chi connectivity index (χ0) is 14.2. The largest absolute Gasteiger partial charge is 0.488 e. The Morgan fingerprint density at radius 3 is 3.19 bits per heavy atom. The van der Waals surface area contributed by atoms with E-state index < -0.39 is 0 Å². The van der Waals surface area contributed by atoms with Crippen LogP contribution in [0.4, 0.5) is 0 Å². The second kappa shape index (κ2) is 5.19. The summed E-state index contributed by atoms with van der Waals surface area (Å²) < 4.78 is 8.03. The maximum Gasteiger partial charge on any atom is 0.123 e. The summed E-state index contributed by atoms with van der Waals surface area (Å²) in [5, 5.41) is 8.10. The molecular formula is C17H21N3O. The highest BCUT2D eigenvalue weighted by atomic mass is 16.5. The van der Waals surface area contributed by atoms with Crippen molar-refractivity contribution in [1.29, 1.82) is 0 Å². The number of para-hydroxylation sites is 1. The predicted octanol–water partition coefficient (Wildman–Crippen LogP) is 2.39. The molecule has 1 aliphatic carbocycles. The van der Waals surface area contributed by atoms with Crippen LogP contribution in [-0.4, -0.2) is 22.4 Å². The lowest BCUT2D eigenvalue weighted by molar-refractivity contribution is 0.218. The Labute approximate surface area is 125 Å². The van der Waals surface area contributed by atoms with Crippen molar-refractivity contribution in [2.75, 3.05) is 6.54 Å². The first-order valence-electron chi connectivity index (χ1n) is 7.80. The van der Waals surface area contributed by atoms with Crippen LogP contribution in [0.1, 0.15) is 35.7 Å². The van der Waals surface area contributed by atoms with Gasteiger partial charge in [-0.25, -0.2) is 0 Å². The Kier molecular flexibility index (Phi) is 3.19. The van der Waals surface area contributed by atoms with E-state index in [0.717, 1.165) is 25.1 Å². The Balaban J connectivity index is 1.41. The lowest BCUT2D eigenvalue weighted by Gasteiger charge is -2.25. The molecule has 2 aliphatic rings. The summed E-state index contributed by atoms with van der Waals surface area (Å²) >= 11 is 0. The summed E-state index contributed by atoms with van der Waals surface area (Å²) in [4.78, 5) is 0. The first-order chi connectivity index (χ1) is 10.3. The van der Waals surface area contributed by atoms with Crippen molar-refractivity contribution in [3.63, 3.8) is 0 Å². The molecule has 2 aromatic rings. The highest BCUT2D eigenvalue weighted by molar-refractivity contribution is 5.37. The van der Waals surface area contributed by atoms with Gasteiger partial charge >= 0.3 is 0 Å². The van der Waals surface area contributed by atoms with E-state index in [4.69, 9.17) is 4.74 Å². The molecule has 0 saturated carbocycles. The Bertz CT molecular complexity index is 624. The molecular weight excluding hydrogens is 262 g/mol. The number of rotatable bonds is 3. The topological polar surface area (TPSA) is 39.1 Å². The van der Waals surface area contributed by atoms with Gasteiger partial charge in [0.25, 0.3) is 0 Å². The zero-order valence-electron chi connectivity index (χ0n) is 12.4. The predicted molar refractivity (Wildman–Crippen MR) is 81.5 cm³/mol. The maximum absolute atomic E-state index is 6.01. The highest BCUT2D eigenvalue weighted by Crippen LogP contribution is 2.31. The van der Waals surface area contributed by atoms with Gasteiger partial charge in [-0.3, -0.25) is 4.68 Å². The first kappa shape index (κ1) is 12.9. The van der Waals surface area contributed by atoms with Crippen LogP contribution >= 0.6 is 0 Å². The lowest BCUT2D eigenvalue weighted by Crippen LogP contribution is -2.34. The van der Waals surface area contributed by atoms with Gasteiger partial charge in [-0.2, -0.15) is 5.10 Å². The quantitative estimate of drug-likeness (QED) is 0.940. The number of hydrogen-bond donors (Lipinski definition) is 1. The molecule has 1 N–H and O–H groups in total. The molecule has 0 bridgehead atoms. The van der Waals surface area contributed by atoms with Crippen LogP contribution in [-0.2, 0) is 19.9 Å². The molecule has 0 radical (unpaired) electrons. The minimum atomic E-state index is 0.254. The third-order valence-corrected chi connectivity index (χ3v) is 4.68. The Morgan fingerprint density at radius 1 is 1.38 bits per heavy atom. The van der Waals surface area contributed by atoms with E-state index in [1.54, 1.807) is 0 Å². The fraction of sp³-hybridized carbons (Fsp3) is 0.471. The minimum absolute atomic E-state index is 0.254. The van der Waals surface area contributed by atoms with Gasteiger partial charge in [0.1, 0.15) is 11.9 Å². The lowest BCUT2D eigenvalue weighted by atomic mass is 9.93. The van der Waals surface area contributed by atoms with Gasteiger partial charge in [-0.05, 0) is 30.9 Å². The molecule has 4 rings (SSSR count). The van der Waals surface area contributed by atoms with Crippen molar-refractivity contribution >= 4 is 0 Å². The van der Waals surface area contributed by atoms with Crippen LogP contribution in [0.2, 0.25) is 0 Å². The van der Waals surface area contributed by atoms with Crippen LogP contribution in [0.5, 0.6) is 5.75 Å². The fourth-order valence-electron chi connectivity index (χ4n) is 3.56. The van der Waals surface area contributed by atoms with E-state index in [1.165, 1.54) is 29.7 Å². The van der Waals surface area contributed by atoms with E-state index in [-0.39, 0.29) is 6.10 Å². The standard InChI is InChI=1S/C17H21N3O/c1-20-16-7-4-6-15(14(16)11-19-20)18-10-13-9-12-5-2-3-8-17(12)21-13/h2-3,5,8,11,13,15,18H,4,6-7,9-10H2,1H3. The van der Waals surface area contributed by atoms with E-state index in [0.29, 0.717) is 6.04 Å². The van der Waals surface area contributed by atoms with Crippen LogP contribution in [0.15, 0.2) is 30.5 Å². The summed E-state index contributed by atoms with van der Waals surface area (Å²) in [6.07, 6.45) is 6.86. The van der Waals surface area contributed by atoms with E-state index in [2.05, 4.69) is 28.6 Å². The van der Waals surface area contributed by atoms with Crippen molar-refractivity contribution in [3.8, 4) is 5.75 Å². The molecule has 1 aromatic carbocycles. The molecule has 21 heavy (non-hydrogen) atoms. The second-order valence-electron chi connectivity index (χ2n) is 6.07. The monoisotopic (exact) mass is 283 g/mol. The third kappa shape index (κ3) is 2.33. The molecule has 4 nitrogen and oxygen atoms in total. The number of fused-ring (bicyclic) bond motifs is 2. The van der Waals surface area contributed by atoms with E-state index in [9.17, 15) is 0 Å². The summed E-state index contributed by atoms with van der Waals surface area (Å²) in [5.41, 5.74) is 4.09. The van der Waals surface area contributed by atoms with Crippen molar-refractivity contribution < 1.29 is 4.74 Å². The smallest absolute Gasteiger partial charge is 0.123 e. The SMILES string of the molecule is Cn1ncc2c1CCCC2NCC1Cc2ccccc2O1. The zero-order valence-corrected chi connectivity index (χ0v) is 12.4. The maximum atomic E-state index is 6.01. The molecule has 1 aromatic heterocycles. The van der Waals surface area contributed by atoms with Gasteiger partial charge in [0.05, 0.1) is 6.20 Å². The summed E-state index contributed by atoms with van der Waals surface area (Å²) in [6, 6.07) is 8.78. The molecule has 2 unspecified atom stereocenters. The molecule has 110 valence electrons. The highest BCUT2D eigenvalue weighted by Gasteiger charge is 2.26. The van der Waals surface area contributed by atoms with Crippen molar-refractivity contribution in [2.24, 2.45) is 7.05 Å². The fourth-order valence-corrected chi connectivity index (χ4v) is 3.56. The molecule has 1 aliphatic heterocycles. The Morgan fingerprint density at radius 2 is 2.29 bits per heavy atom. The van der Waals surface area contributed by atoms with Crippen molar-refractivity contribution in [3.05, 3.63) is 47.3 Å². The number of ether oxygens (including phenoxy) is 1. The van der Waals surface area contributed by atoms with Gasteiger partial charge < -0.3 is 10.1 Å². The van der Waals surface area contributed by atoms with Crippen LogP contribution in [0.25, 0.3) is 0 Å². The molecule has 0 spiro atoms. The van der Waals surface area contributed by atoms with E-state index >= 15 is 0 Å². The molecule has 0 amide bonds. The molecule has 4 heteroatoms. The van der Waals surface area contributed by atoms with Gasteiger partial charge in [0.15, 0.2) is 0 Å². The normalized spacial score (nSPS) is 23.5. The second-order valence-corrected chi connectivity index (χ2v) is 6.07. The summed E-state index contributed by atoms with van der Waals surface area (Å²) in [7, 11) is 2.04. The van der Waals surface area contributed by atoms with Crippen molar-refractivity contribution in [2.45, 2.75) is 37.8 Å². The molecule has 2 atom stereocenters. The number of nitrogens with one attached hydrogen (secondary N) is 1. The minimum Gasteiger partial charge on any atom is -0.488 e. The van der Waals surface area contributed by atoms with Crippen molar-refractivity contribution in [1.82, 2.24) is 15.1 Å². The first-order valence-corrected chi connectivity index (χ1v) is 7.80. The number of aromatic nitrogens is 2. The van der Waals surface area contributed by atoms with Gasteiger partial charge in [0, 0.05) is 37.3 Å². The van der Waals surface area contributed by atoms with Crippen LogP contribution in [0.3, 0.4) is 0 Å². The molecule has 2 heterocycles. The summed E-state index contributed by atoms with van der Waals surface area (Å²) in [6.45, 7) is 0.897. The van der Waals surface area contributed by atoms with Gasteiger partial charge in [-0.15, -0.1) is 0 Å². The molecule has 0 fully saturated rings. The Hall–Kier alpha value is -1.81. The average Bonchev–Trinajstić information content (AvgIpc) is 3.09. The number of nitrogens with zero attached hydrogens (tertiary/aromatic N) is 2.